The smallest absolute Gasteiger partial charge is 0.227 e. The molecule has 3 aliphatic heterocycles. The lowest BCUT2D eigenvalue weighted by atomic mass is 9.70. The van der Waals surface area contributed by atoms with Gasteiger partial charge in [0.25, 0.3) is 0 Å². The first kappa shape index (κ1) is 37.1. The van der Waals surface area contributed by atoms with Crippen LogP contribution in [0.25, 0.3) is 0 Å². The van der Waals surface area contributed by atoms with Crippen molar-refractivity contribution in [2.24, 2.45) is 0 Å². The van der Waals surface area contributed by atoms with Gasteiger partial charge in [0.1, 0.15) is 71.7 Å². The SMILES string of the molecule is C[C@@]1(O)[C@@H](O)[C@@H](O)[C@@H](CO)O[C@]1(O)c1cc(N)c([C@@]2(O)O[C@H](CO)[C@H](O)[C@H](O)[C@@]2(C)O)c([C@@]2(O)O[C@H](CO)[C@H](O)[C@H](O)[C@@]2(C)O)c1. The van der Waals surface area contributed by atoms with E-state index in [-0.39, 0.29) is 0 Å². The van der Waals surface area contributed by atoms with Crippen molar-refractivity contribution >= 4 is 5.69 Å². The van der Waals surface area contributed by atoms with Crippen molar-refractivity contribution in [3.63, 3.8) is 0 Å². The maximum Gasteiger partial charge on any atom is 0.227 e. The van der Waals surface area contributed by atoms with Crippen LogP contribution < -0.4 is 5.73 Å². The monoisotopic (exact) mass is 669 g/mol. The molecule has 3 saturated heterocycles. The highest BCUT2D eigenvalue weighted by Crippen LogP contribution is 2.54. The molecule has 0 spiro atoms. The van der Waals surface area contributed by atoms with Crippen LogP contribution in [0.2, 0.25) is 0 Å². The van der Waals surface area contributed by atoms with E-state index in [4.69, 9.17) is 19.9 Å². The highest BCUT2D eigenvalue weighted by atomic mass is 16.7. The number of nitrogens with two attached hydrogens (primary N) is 1. The zero-order valence-corrected chi connectivity index (χ0v) is 25.0. The van der Waals surface area contributed by atoms with Gasteiger partial charge in [-0.05, 0) is 32.9 Å². The molecule has 4 rings (SSSR count). The first-order chi connectivity index (χ1) is 21.0. The molecule has 0 aliphatic carbocycles. The third kappa shape index (κ3) is 4.82. The number of nitrogen functional groups attached to an aromatic ring is 1. The van der Waals surface area contributed by atoms with Crippen LogP contribution in [-0.4, -0.2) is 168 Å². The lowest BCUT2D eigenvalue weighted by molar-refractivity contribution is -0.405. The Morgan fingerprint density at radius 3 is 1.28 bits per heavy atom. The summed E-state index contributed by atoms with van der Waals surface area (Å²) in [6.45, 7) is -0.865. The van der Waals surface area contributed by atoms with Crippen LogP contribution in [-0.2, 0) is 31.6 Å². The zero-order chi connectivity index (χ0) is 35.2. The molecular formula is C27H43NO18. The molecule has 264 valence electrons. The van der Waals surface area contributed by atoms with Crippen molar-refractivity contribution in [3.8, 4) is 0 Å². The van der Waals surface area contributed by atoms with E-state index in [0.29, 0.717) is 6.07 Å². The predicted octanol–water partition coefficient (Wildman–Crippen LogP) is -7.70. The van der Waals surface area contributed by atoms with Gasteiger partial charge < -0.3 is 96.5 Å². The van der Waals surface area contributed by atoms with Crippen LogP contribution in [0.1, 0.15) is 37.5 Å². The molecule has 0 aromatic heterocycles. The topological polar surface area (TPSA) is 357 Å². The van der Waals surface area contributed by atoms with Gasteiger partial charge in [0.05, 0.1) is 19.8 Å². The molecule has 0 amide bonds. The fourth-order valence-corrected chi connectivity index (χ4v) is 6.38. The van der Waals surface area contributed by atoms with Crippen molar-refractivity contribution in [1.82, 2.24) is 0 Å². The predicted molar refractivity (Wildman–Crippen MR) is 146 cm³/mol. The van der Waals surface area contributed by atoms with E-state index in [1.807, 2.05) is 0 Å². The summed E-state index contributed by atoms with van der Waals surface area (Å²) in [4.78, 5) is 0. The fraction of sp³-hybridized carbons (Fsp3) is 0.778. The zero-order valence-electron chi connectivity index (χ0n) is 25.0. The standard InChI is InChI=1S/C27H43NO18/c1-22(38)19(35)16(32)12(6-29)44-25(22,41)9-4-10(26(42)23(2,39)20(36)17(33)13(7-30)45-26)15(11(28)5-9)27(43)24(3,40)21(37)18(34)14(8-31)46-27/h4-5,12-14,16-21,29-43H,6-8,28H2,1-3H3/t12-,13-,14-,16+,17+,18+,19+,20+,21+,22-,23-,24-,25-,26-,27-/m1/s1. The van der Waals surface area contributed by atoms with E-state index in [1.54, 1.807) is 0 Å². The van der Waals surface area contributed by atoms with E-state index < -0.39 is 131 Å². The molecule has 3 aliphatic rings. The molecule has 1 aromatic rings. The van der Waals surface area contributed by atoms with Crippen LogP contribution >= 0.6 is 0 Å². The average Bonchev–Trinajstić information content (AvgIpc) is 2.99. The summed E-state index contributed by atoms with van der Waals surface area (Å²) < 4.78 is 16.4. The number of ether oxygens (including phenoxy) is 3. The summed E-state index contributed by atoms with van der Waals surface area (Å²) in [5.74, 6) is -10.0. The number of aliphatic hydroxyl groups is 15. The Labute approximate surface area is 261 Å². The highest BCUT2D eigenvalue weighted by molar-refractivity contribution is 5.60. The molecule has 0 unspecified atom stereocenters. The van der Waals surface area contributed by atoms with Crippen LogP contribution in [0, 0.1) is 0 Å². The van der Waals surface area contributed by atoms with Gasteiger partial charge >= 0.3 is 0 Å². The van der Waals surface area contributed by atoms with E-state index in [0.717, 1.165) is 26.8 Å². The van der Waals surface area contributed by atoms with Crippen molar-refractivity contribution in [2.45, 2.75) is 110 Å². The molecule has 3 fully saturated rings. The second kappa shape index (κ2) is 11.7. The van der Waals surface area contributed by atoms with Crippen LogP contribution in [0.5, 0.6) is 0 Å². The molecule has 19 heteroatoms. The first-order valence-electron chi connectivity index (χ1n) is 14.2. The second-order valence-corrected chi connectivity index (χ2v) is 12.7. The van der Waals surface area contributed by atoms with Crippen molar-refractivity contribution in [2.75, 3.05) is 25.6 Å². The van der Waals surface area contributed by atoms with Gasteiger partial charge in [-0.15, -0.1) is 0 Å². The number of anilines is 1. The lowest BCUT2D eigenvalue weighted by Crippen LogP contribution is -2.73. The van der Waals surface area contributed by atoms with E-state index in [2.05, 4.69) is 0 Å². The number of hydrogen-bond donors (Lipinski definition) is 16. The first-order valence-corrected chi connectivity index (χ1v) is 14.2. The Kier molecular flexibility index (Phi) is 9.46. The van der Waals surface area contributed by atoms with Gasteiger partial charge in [0.15, 0.2) is 0 Å². The van der Waals surface area contributed by atoms with E-state index in [9.17, 15) is 76.6 Å². The average molecular weight is 670 g/mol. The fourth-order valence-electron chi connectivity index (χ4n) is 6.38. The third-order valence-electron chi connectivity index (χ3n) is 9.67. The summed E-state index contributed by atoms with van der Waals surface area (Å²) >= 11 is 0. The Morgan fingerprint density at radius 1 is 0.565 bits per heavy atom. The maximum atomic E-state index is 12.1. The summed E-state index contributed by atoms with van der Waals surface area (Å²) in [5.41, 5.74) is -6.22. The van der Waals surface area contributed by atoms with Gasteiger partial charge in [-0.25, -0.2) is 0 Å². The quantitative estimate of drug-likeness (QED) is 0.125. The molecule has 17 N–H and O–H groups in total. The minimum Gasteiger partial charge on any atom is -0.398 e. The van der Waals surface area contributed by atoms with Crippen molar-refractivity contribution < 1.29 is 90.8 Å². The molecule has 0 saturated carbocycles. The van der Waals surface area contributed by atoms with E-state index >= 15 is 0 Å². The van der Waals surface area contributed by atoms with Crippen molar-refractivity contribution in [3.05, 3.63) is 28.8 Å². The Hall–Kier alpha value is -1.70. The Morgan fingerprint density at radius 2 is 0.891 bits per heavy atom. The molecule has 15 atom stereocenters. The van der Waals surface area contributed by atoms with E-state index in [1.165, 1.54) is 0 Å². The summed E-state index contributed by atoms with van der Waals surface area (Å²) in [7, 11) is 0. The Bertz CT molecular complexity index is 1300. The molecule has 46 heavy (non-hydrogen) atoms. The third-order valence-corrected chi connectivity index (χ3v) is 9.67. The number of benzene rings is 1. The van der Waals surface area contributed by atoms with Gasteiger partial charge in [0.2, 0.25) is 17.4 Å². The second-order valence-electron chi connectivity index (χ2n) is 12.7. The molecule has 1 aromatic carbocycles. The minimum absolute atomic E-state index is 0.620. The number of hydrogen-bond acceptors (Lipinski definition) is 19. The van der Waals surface area contributed by atoms with Gasteiger partial charge in [0, 0.05) is 22.4 Å². The number of rotatable bonds is 6. The molecule has 19 nitrogen and oxygen atoms in total. The summed E-state index contributed by atoms with van der Waals surface area (Å²) in [6.07, 6.45) is -18.4. The molecule has 0 bridgehead atoms. The minimum atomic E-state index is -3.45. The highest BCUT2D eigenvalue weighted by Gasteiger charge is 2.68. The van der Waals surface area contributed by atoms with Crippen molar-refractivity contribution in [1.29, 1.82) is 0 Å². The lowest BCUT2D eigenvalue weighted by Gasteiger charge is -2.56. The van der Waals surface area contributed by atoms with Gasteiger partial charge in [-0.3, -0.25) is 0 Å². The summed E-state index contributed by atoms with van der Waals surface area (Å²) in [6, 6.07) is 1.36. The summed E-state index contributed by atoms with van der Waals surface area (Å²) in [5, 5.41) is 163. The number of aliphatic hydroxyl groups excluding tert-OH is 9. The normalized spacial score (nSPS) is 51.7. The van der Waals surface area contributed by atoms with Gasteiger partial charge in [-0.2, -0.15) is 0 Å². The maximum absolute atomic E-state index is 12.1. The van der Waals surface area contributed by atoms with Crippen LogP contribution in [0.3, 0.4) is 0 Å². The van der Waals surface area contributed by atoms with Crippen LogP contribution in [0.4, 0.5) is 5.69 Å². The Balaban J connectivity index is 2.12. The molecular weight excluding hydrogens is 626 g/mol. The largest absolute Gasteiger partial charge is 0.398 e. The van der Waals surface area contributed by atoms with Gasteiger partial charge in [-0.1, -0.05) is 0 Å². The van der Waals surface area contributed by atoms with Crippen LogP contribution in [0.15, 0.2) is 12.1 Å². The molecule has 3 heterocycles. The molecule has 0 radical (unpaired) electrons.